The Kier molecular flexibility index (Phi) is 4.88. The fourth-order valence-electron chi connectivity index (χ4n) is 2.76. The van der Waals surface area contributed by atoms with Crippen LogP contribution in [-0.2, 0) is 6.54 Å². The van der Waals surface area contributed by atoms with Gasteiger partial charge in [0.2, 0.25) is 5.82 Å². The van der Waals surface area contributed by atoms with Crippen LogP contribution in [0, 0.1) is 0 Å². The van der Waals surface area contributed by atoms with Crippen LogP contribution in [0.2, 0.25) is 0 Å². The molecule has 0 unspecified atom stereocenters. The van der Waals surface area contributed by atoms with Crippen molar-refractivity contribution in [1.29, 1.82) is 0 Å². The molecule has 0 aliphatic rings. The van der Waals surface area contributed by atoms with Crippen molar-refractivity contribution in [2.45, 2.75) is 6.54 Å². The Bertz CT molecular complexity index is 1090. The highest BCUT2D eigenvalue weighted by Gasteiger charge is 2.18. The lowest BCUT2D eigenvalue weighted by Crippen LogP contribution is -2.23. The van der Waals surface area contributed by atoms with E-state index in [0.717, 1.165) is 5.56 Å². The average molecular weight is 375 g/mol. The fourth-order valence-corrected chi connectivity index (χ4v) is 2.76. The molecule has 0 saturated carbocycles. The van der Waals surface area contributed by atoms with E-state index in [1.807, 2.05) is 30.3 Å². The second-order valence-electron chi connectivity index (χ2n) is 5.96. The van der Waals surface area contributed by atoms with Gasteiger partial charge >= 0.3 is 0 Å². The molecule has 0 spiro atoms. The molecule has 140 valence electrons. The number of ether oxygens (including phenoxy) is 1. The van der Waals surface area contributed by atoms with Gasteiger partial charge in [-0.1, -0.05) is 29.4 Å². The largest absolute Gasteiger partial charge is 0.497 e. The van der Waals surface area contributed by atoms with Crippen molar-refractivity contribution >= 4 is 5.91 Å². The first-order valence-electron chi connectivity index (χ1n) is 8.63. The standard InChI is InChI=1S/C21H17N3O4/c1-26-15-7-4-6-14(12-15)19-23-21(28-24-19)18-10-3-2-9-17(18)20(25)22-13-16-8-5-11-27-16/h2-12H,13H2,1H3,(H,22,25). The van der Waals surface area contributed by atoms with Gasteiger partial charge in [-0.05, 0) is 36.4 Å². The van der Waals surface area contributed by atoms with Gasteiger partial charge in [0.05, 0.1) is 31.0 Å². The Morgan fingerprint density at radius 1 is 1.11 bits per heavy atom. The van der Waals surface area contributed by atoms with Gasteiger partial charge in [0.1, 0.15) is 11.5 Å². The molecule has 4 aromatic rings. The minimum Gasteiger partial charge on any atom is -0.497 e. The van der Waals surface area contributed by atoms with Gasteiger partial charge in [-0.3, -0.25) is 4.79 Å². The van der Waals surface area contributed by atoms with Crippen molar-refractivity contribution in [2.24, 2.45) is 0 Å². The maximum absolute atomic E-state index is 12.6. The molecule has 1 amide bonds. The van der Waals surface area contributed by atoms with E-state index in [1.165, 1.54) is 0 Å². The summed E-state index contributed by atoms with van der Waals surface area (Å²) >= 11 is 0. The lowest BCUT2D eigenvalue weighted by atomic mass is 10.1. The van der Waals surface area contributed by atoms with Crippen LogP contribution >= 0.6 is 0 Å². The van der Waals surface area contributed by atoms with Gasteiger partial charge in [0.15, 0.2) is 0 Å². The quantitative estimate of drug-likeness (QED) is 0.549. The normalized spacial score (nSPS) is 10.6. The Hall–Kier alpha value is -3.87. The van der Waals surface area contributed by atoms with E-state index < -0.39 is 0 Å². The van der Waals surface area contributed by atoms with Crippen LogP contribution in [0.1, 0.15) is 16.1 Å². The molecule has 0 saturated heterocycles. The van der Waals surface area contributed by atoms with Gasteiger partial charge in [0.25, 0.3) is 11.8 Å². The molecule has 0 aliphatic carbocycles. The predicted molar refractivity (Wildman–Crippen MR) is 102 cm³/mol. The molecule has 0 fully saturated rings. The van der Waals surface area contributed by atoms with E-state index >= 15 is 0 Å². The number of amides is 1. The molecule has 2 aromatic carbocycles. The highest BCUT2D eigenvalue weighted by Crippen LogP contribution is 2.26. The number of hydrogen-bond donors (Lipinski definition) is 1. The number of rotatable bonds is 6. The maximum Gasteiger partial charge on any atom is 0.259 e. The zero-order valence-electron chi connectivity index (χ0n) is 15.1. The van der Waals surface area contributed by atoms with E-state index in [0.29, 0.717) is 35.0 Å². The second kappa shape index (κ2) is 7.79. The lowest BCUT2D eigenvalue weighted by Gasteiger charge is -2.06. The maximum atomic E-state index is 12.6. The van der Waals surface area contributed by atoms with Crippen LogP contribution in [0.4, 0.5) is 0 Å². The molecular formula is C21H17N3O4. The van der Waals surface area contributed by atoms with Crippen LogP contribution in [0.15, 0.2) is 75.9 Å². The zero-order chi connectivity index (χ0) is 19.3. The summed E-state index contributed by atoms with van der Waals surface area (Å²) in [5.74, 6) is 1.79. The summed E-state index contributed by atoms with van der Waals surface area (Å²) in [7, 11) is 1.60. The summed E-state index contributed by atoms with van der Waals surface area (Å²) in [4.78, 5) is 17.1. The Morgan fingerprint density at radius 2 is 2.00 bits per heavy atom. The summed E-state index contributed by atoms with van der Waals surface area (Å²) in [6, 6.07) is 18.0. The highest BCUT2D eigenvalue weighted by molar-refractivity contribution is 5.99. The van der Waals surface area contributed by atoms with Crippen LogP contribution in [-0.4, -0.2) is 23.2 Å². The van der Waals surface area contributed by atoms with Crippen LogP contribution in [0.25, 0.3) is 22.8 Å². The molecule has 1 N–H and O–H groups in total. The number of aromatic nitrogens is 2. The van der Waals surface area contributed by atoms with Crippen molar-refractivity contribution < 1.29 is 18.5 Å². The molecule has 0 aliphatic heterocycles. The van der Waals surface area contributed by atoms with Crippen LogP contribution in [0.5, 0.6) is 5.75 Å². The number of furan rings is 1. The molecule has 0 bridgehead atoms. The molecule has 4 rings (SSSR count). The first-order chi connectivity index (χ1) is 13.7. The first-order valence-corrected chi connectivity index (χ1v) is 8.63. The Labute approximate surface area is 161 Å². The highest BCUT2D eigenvalue weighted by atomic mass is 16.5. The number of nitrogens with zero attached hydrogens (tertiary/aromatic N) is 2. The first kappa shape index (κ1) is 17.5. The van der Waals surface area contributed by atoms with E-state index in [2.05, 4.69) is 15.5 Å². The van der Waals surface area contributed by atoms with E-state index in [1.54, 1.807) is 43.7 Å². The third kappa shape index (κ3) is 3.64. The molecule has 7 heteroatoms. The van der Waals surface area contributed by atoms with Gasteiger partial charge in [-0.15, -0.1) is 0 Å². The number of benzene rings is 2. The monoisotopic (exact) mass is 375 g/mol. The fraction of sp³-hybridized carbons (Fsp3) is 0.0952. The predicted octanol–water partition coefficient (Wildman–Crippen LogP) is 3.94. The SMILES string of the molecule is COc1cccc(-c2noc(-c3ccccc3C(=O)NCc3ccco3)n2)c1. The zero-order valence-corrected chi connectivity index (χ0v) is 15.1. The molecule has 2 heterocycles. The van der Waals surface area contributed by atoms with Crippen molar-refractivity contribution in [2.75, 3.05) is 7.11 Å². The van der Waals surface area contributed by atoms with Gasteiger partial charge in [-0.25, -0.2) is 0 Å². The van der Waals surface area contributed by atoms with Crippen molar-refractivity contribution in [3.05, 3.63) is 78.3 Å². The Morgan fingerprint density at radius 3 is 2.82 bits per heavy atom. The van der Waals surface area contributed by atoms with E-state index in [-0.39, 0.29) is 11.8 Å². The van der Waals surface area contributed by atoms with Gasteiger partial charge in [-0.2, -0.15) is 4.98 Å². The number of carbonyl (C=O) groups excluding carboxylic acids is 1. The van der Waals surface area contributed by atoms with Crippen molar-refractivity contribution in [3.63, 3.8) is 0 Å². The summed E-state index contributed by atoms with van der Waals surface area (Å²) in [5.41, 5.74) is 1.75. The molecule has 0 atom stereocenters. The lowest BCUT2D eigenvalue weighted by molar-refractivity contribution is 0.0948. The second-order valence-corrected chi connectivity index (χ2v) is 5.96. The van der Waals surface area contributed by atoms with E-state index in [4.69, 9.17) is 13.7 Å². The number of nitrogens with one attached hydrogen (secondary N) is 1. The van der Waals surface area contributed by atoms with Gasteiger partial charge in [0, 0.05) is 5.56 Å². The molecule has 28 heavy (non-hydrogen) atoms. The van der Waals surface area contributed by atoms with Crippen molar-refractivity contribution in [1.82, 2.24) is 15.5 Å². The third-order valence-electron chi connectivity index (χ3n) is 4.16. The average Bonchev–Trinajstić information content (AvgIpc) is 3.44. The van der Waals surface area contributed by atoms with Crippen molar-refractivity contribution in [3.8, 4) is 28.6 Å². The summed E-state index contributed by atoms with van der Waals surface area (Å²) < 4.78 is 15.9. The number of hydrogen-bond acceptors (Lipinski definition) is 6. The van der Waals surface area contributed by atoms with E-state index in [9.17, 15) is 4.79 Å². The van der Waals surface area contributed by atoms with Gasteiger partial charge < -0.3 is 19.0 Å². The molecule has 0 radical (unpaired) electrons. The smallest absolute Gasteiger partial charge is 0.259 e. The number of methoxy groups -OCH3 is 1. The topological polar surface area (TPSA) is 90.4 Å². The minimum atomic E-state index is -0.256. The summed E-state index contributed by atoms with van der Waals surface area (Å²) in [6.07, 6.45) is 1.56. The molecule has 2 aromatic heterocycles. The number of carbonyl (C=O) groups is 1. The molecular weight excluding hydrogens is 358 g/mol. The Balaban J connectivity index is 1.60. The minimum absolute atomic E-state index is 0.256. The third-order valence-corrected chi connectivity index (χ3v) is 4.16. The molecule has 7 nitrogen and oxygen atoms in total. The summed E-state index contributed by atoms with van der Waals surface area (Å²) in [5, 5.41) is 6.86. The van der Waals surface area contributed by atoms with Crippen LogP contribution < -0.4 is 10.1 Å². The summed E-state index contributed by atoms with van der Waals surface area (Å²) in [6.45, 7) is 0.291. The van der Waals surface area contributed by atoms with Crippen LogP contribution in [0.3, 0.4) is 0 Å².